The zero-order valence-electron chi connectivity index (χ0n) is 20.3. The first-order chi connectivity index (χ1) is 15.8. The van der Waals surface area contributed by atoms with Crippen LogP contribution in [0.4, 0.5) is 0 Å². The minimum atomic E-state index is -1.13. The normalized spacial score (nSPS) is 44.7. The molecule has 4 rings (SSSR count). The average Bonchev–Trinajstić information content (AvgIpc) is 3.17. The number of carbonyl (C=O) groups is 5. The summed E-state index contributed by atoms with van der Waals surface area (Å²) in [6, 6.07) is 0. The second kappa shape index (κ2) is 8.40. The molecule has 0 aromatic rings. The number of esters is 1. The second-order valence-electron chi connectivity index (χ2n) is 11.3. The van der Waals surface area contributed by atoms with Crippen molar-refractivity contribution in [2.45, 2.75) is 77.3 Å². The molecule has 0 saturated heterocycles. The molecule has 8 heteroatoms. The fourth-order valence-corrected chi connectivity index (χ4v) is 8.29. The highest BCUT2D eigenvalue weighted by Gasteiger charge is 2.68. The van der Waals surface area contributed by atoms with Gasteiger partial charge in [0.2, 0.25) is 11.6 Å². The number of rotatable bonds is 5. The van der Waals surface area contributed by atoms with E-state index in [1.54, 1.807) is 6.08 Å². The number of carbonyl (C=O) groups excluding carboxylic acids is 5. The summed E-state index contributed by atoms with van der Waals surface area (Å²) in [5.41, 5.74) is -1.71. The molecule has 4 fully saturated rings. The van der Waals surface area contributed by atoms with E-state index in [1.165, 1.54) is 0 Å². The summed E-state index contributed by atoms with van der Waals surface area (Å²) in [5, 5.41) is 10.4. The number of thioether (sulfide) groups is 1. The predicted molar refractivity (Wildman–Crippen MR) is 126 cm³/mol. The van der Waals surface area contributed by atoms with Crippen LogP contribution >= 0.6 is 11.8 Å². The van der Waals surface area contributed by atoms with Gasteiger partial charge in [0.15, 0.2) is 0 Å². The van der Waals surface area contributed by atoms with Gasteiger partial charge in [0, 0.05) is 23.2 Å². The van der Waals surface area contributed by atoms with Crippen molar-refractivity contribution in [2.75, 3.05) is 5.75 Å². The van der Waals surface area contributed by atoms with Crippen molar-refractivity contribution < 1.29 is 33.8 Å². The van der Waals surface area contributed by atoms with Crippen LogP contribution in [0, 0.1) is 34.0 Å². The molecule has 4 aliphatic rings. The molecule has 0 radical (unpaired) electrons. The standard InChI is InChI=1S/C26H34O7S/c1-6-24(4)11-16(33-17(28)12-34-21-19(30)18(29)20(21)31)25(5)13(2)7-9-26(14(3)23(24)32)10-8-15(27)22(25)26/h6,13-14,16,21-23,32H,1,7-12H2,2-5H3/t13-,14+,16-,22+,23+,24-,25+,26+/m1/s1. The maximum absolute atomic E-state index is 13.4. The summed E-state index contributed by atoms with van der Waals surface area (Å²) in [7, 11) is 0. The van der Waals surface area contributed by atoms with Crippen molar-refractivity contribution >= 4 is 40.9 Å². The van der Waals surface area contributed by atoms with Crippen molar-refractivity contribution in [3.63, 3.8) is 0 Å². The highest BCUT2D eigenvalue weighted by atomic mass is 32.2. The zero-order valence-corrected chi connectivity index (χ0v) is 21.1. The Bertz CT molecular complexity index is 956. The molecule has 0 amide bonds. The largest absolute Gasteiger partial charge is 0.461 e. The van der Waals surface area contributed by atoms with Gasteiger partial charge in [-0.1, -0.05) is 33.8 Å². The van der Waals surface area contributed by atoms with Crippen molar-refractivity contribution in [3.05, 3.63) is 12.7 Å². The summed E-state index contributed by atoms with van der Waals surface area (Å²) >= 11 is 0.807. The number of Topliss-reactive ketones (excluding diaryl/α,β-unsaturated/α-hetero) is 4. The van der Waals surface area contributed by atoms with Gasteiger partial charge in [-0.05, 0) is 42.9 Å². The van der Waals surface area contributed by atoms with Crippen LogP contribution in [0.15, 0.2) is 12.7 Å². The van der Waals surface area contributed by atoms with Gasteiger partial charge < -0.3 is 9.84 Å². The molecule has 186 valence electrons. The molecule has 0 aliphatic heterocycles. The predicted octanol–water partition coefficient (Wildman–Crippen LogP) is 2.72. The van der Waals surface area contributed by atoms with Crippen LogP contribution in [0.2, 0.25) is 0 Å². The van der Waals surface area contributed by atoms with Gasteiger partial charge in [-0.2, -0.15) is 0 Å². The second-order valence-corrected chi connectivity index (χ2v) is 12.4. The van der Waals surface area contributed by atoms with E-state index in [2.05, 4.69) is 20.4 Å². The number of aliphatic hydroxyl groups is 1. The van der Waals surface area contributed by atoms with E-state index in [1.807, 2.05) is 13.8 Å². The van der Waals surface area contributed by atoms with E-state index in [9.17, 15) is 29.1 Å². The lowest BCUT2D eigenvalue weighted by atomic mass is 9.44. The third-order valence-corrected chi connectivity index (χ3v) is 11.0. The highest BCUT2D eigenvalue weighted by molar-refractivity contribution is 8.02. The Hall–Kier alpha value is -1.80. The van der Waals surface area contributed by atoms with Crippen molar-refractivity contribution in [1.29, 1.82) is 0 Å². The molecule has 0 heterocycles. The summed E-state index contributed by atoms with van der Waals surface area (Å²) in [6.45, 7) is 12.1. The number of hydrogen-bond donors (Lipinski definition) is 1. The maximum atomic E-state index is 13.4. The molecular formula is C26H34O7S. The number of ketones is 4. The van der Waals surface area contributed by atoms with Gasteiger partial charge in [-0.15, -0.1) is 18.3 Å². The van der Waals surface area contributed by atoms with Crippen LogP contribution in [-0.2, 0) is 28.7 Å². The Balaban J connectivity index is 1.67. The van der Waals surface area contributed by atoms with E-state index in [-0.39, 0.29) is 34.7 Å². The summed E-state index contributed by atoms with van der Waals surface area (Å²) in [6.07, 6.45) is 3.56. The summed E-state index contributed by atoms with van der Waals surface area (Å²) < 4.78 is 6.06. The van der Waals surface area contributed by atoms with Crippen LogP contribution in [0.5, 0.6) is 0 Å². The lowest BCUT2D eigenvalue weighted by Gasteiger charge is -2.61. The topological polar surface area (TPSA) is 115 Å². The first kappa shape index (κ1) is 25.3. The Morgan fingerprint density at radius 1 is 1.18 bits per heavy atom. The van der Waals surface area contributed by atoms with Gasteiger partial charge in [0.25, 0.3) is 5.78 Å². The molecule has 4 aliphatic carbocycles. The van der Waals surface area contributed by atoms with Gasteiger partial charge in [-0.25, -0.2) is 0 Å². The van der Waals surface area contributed by atoms with Crippen LogP contribution in [0.25, 0.3) is 0 Å². The molecule has 34 heavy (non-hydrogen) atoms. The van der Waals surface area contributed by atoms with Gasteiger partial charge >= 0.3 is 5.97 Å². The molecule has 8 atom stereocenters. The molecule has 0 spiro atoms. The summed E-state index contributed by atoms with van der Waals surface area (Å²) in [5.74, 6) is -3.56. The summed E-state index contributed by atoms with van der Waals surface area (Å²) in [4.78, 5) is 60.8. The van der Waals surface area contributed by atoms with Crippen LogP contribution < -0.4 is 0 Å². The van der Waals surface area contributed by atoms with E-state index in [0.717, 1.165) is 31.0 Å². The van der Waals surface area contributed by atoms with Crippen molar-refractivity contribution in [2.24, 2.45) is 34.0 Å². The Labute approximate surface area is 204 Å². The molecule has 7 nitrogen and oxygen atoms in total. The zero-order chi connectivity index (χ0) is 25.2. The monoisotopic (exact) mass is 490 g/mol. The van der Waals surface area contributed by atoms with Crippen LogP contribution in [0.1, 0.15) is 59.8 Å². The molecule has 0 unspecified atom stereocenters. The van der Waals surface area contributed by atoms with E-state index in [4.69, 9.17) is 4.74 Å². The minimum Gasteiger partial charge on any atom is -0.461 e. The van der Waals surface area contributed by atoms with Crippen LogP contribution in [-0.4, -0.2) is 57.4 Å². The lowest BCUT2D eigenvalue weighted by Crippen LogP contribution is -2.63. The quantitative estimate of drug-likeness (QED) is 0.271. The van der Waals surface area contributed by atoms with Crippen molar-refractivity contribution in [1.82, 2.24) is 0 Å². The maximum Gasteiger partial charge on any atom is 0.316 e. The Morgan fingerprint density at radius 3 is 2.44 bits per heavy atom. The molecule has 0 aromatic carbocycles. The lowest BCUT2D eigenvalue weighted by molar-refractivity contribution is -0.205. The highest BCUT2D eigenvalue weighted by Crippen LogP contribution is 2.68. The smallest absolute Gasteiger partial charge is 0.316 e. The minimum absolute atomic E-state index is 0.112. The number of ether oxygens (including phenoxy) is 1. The Kier molecular flexibility index (Phi) is 6.25. The van der Waals surface area contributed by atoms with Gasteiger partial charge in [0.1, 0.15) is 17.1 Å². The first-order valence-corrected chi connectivity index (χ1v) is 13.2. The van der Waals surface area contributed by atoms with Gasteiger partial charge in [0.05, 0.1) is 11.9 Å². The third-order valence-electron chi connectivity index (χ3n) is 9.87. The molecular weight excluding hydrogens is 456 g/mol. The van der Waals surface area contributed by atoms with E-state index < -0.39 is 51.6 Å². The van der Waals surface area contributed by atoms with Crippen molar-refractivity contribution in [3.8, 4) is 0 Å². The molecule has 1 N–H and O–H groups in total. The van der Waals surface area contributed by atoms with Gasteiger partial charge in [-0.3, -0.25) is 24.0 Å². The number of aliphatic hydroxyl groups excluding tert-OH is 1. The number of hydrogen-bond acceptors (Lipinski definition) is 8. The first-order valence-electron chi connectivity index (χ1n) is 12.1. The molecule has 2 bridgehead atoms. The SMILES string of the molecule is C=C[C@]1(C)C[C@@H](OC(=O)CSC2C(=O)C(=O)C2=O)[C@]2(C)[C@H](C)CC[C@]3(CCC(=O)[C@H]32)[C@@H](C)[C@@H]1O. The third kappa shape index (κ3) is 3.39. The van der Waals surface area contributed by atoms with E-state index in [0.29, 0.717) is 12.8 Å². The van der Waals surface area contributed by atoms with E-state index >= 15 is 0 Å². The average molecular weight is 491 g/mol. The van der Waals surface area contributed by atoms with Crippen LogP contribution in [0.3, 0.4) is 0 Å². The molecule has 0 aromatic heterocycles. The molecule has 4 saturated carbocycles. The Morgan fingerprint density at radius 2 is 1.82 bits per heavy atom. The fraction of sp³-hybridized carbons (Fsp3) is 0.731. The fourth-order valence-electron chi connectivity index (χ4n) is 7.40.